The van der Waals surface area contributed by atoms with Crippen molar-refractivity contribution in [3.8, 4) is 0 Å². The summed E-state index contributed by atoms with van der Waals surface area (Å²) in [6.45, 7) is 12.4. The topological polar surface area (TPSA) is 20.3 Å². The zero-order valence-electron chi connectivity index (χ0n) is 12.8. The fourth-order valence-electron chi connectivity index (χ4n) is 2.68. The molecule has 0 unspecified atom stereocenters. The summed E-state index contributed by atoms with van der Waals surface area (Å²) in [5, 5.41) is 0. The highest BCUT2D eigenvalue weighted by Crippen LogP contribution is 2.28. The Labute approximate surface area is 116 Å². The van der Waals surface area contributed by atoms with Gasteiger partial charge in [-0.05, 0) is 30.4 Å². The molecule has 1 aliphatic rings. The summed E-state index contributed by atoms with van der Waals surface area (Å²) in [7, 11) is 0. The molecular weight excluding hydrogens is 234 g/mol. The van der Waals surface area contributed by atoms with Gasteiger partial charge in [0.1, 0.15) is 5.78 Å². The number of hydrogen-bond acceptors (Lipinski definition) is 2. The molecule has 2 rings (SSSR count). The highest BCUT2D eigenvalue weighted by Gasteiger charge is 2.36. The molecule has 19 heavy (non-hydrogen) atoms. The van der Waals surface area contributed by atoms with E-state index < -0.39 is 0 Å². The number of nitrogens with zero attached hydrogens (tertiary/aromatic N) is 1. The number of rotatable bonds is 2. The van der Waals surface area contributed by atoms with E-state index in [2.05, 4.69) is 63.8 Å². The van der Waals surface area contributed by atoms with Crippen LogP contribution in [0.2, 0.25) is 0 Å². The first-order valence-electron chi connectivity index (χ1n) is 7.05. The summed E-state index contributed by atoms with van der Waals surface area (Å²) < 4.78 is 0. The van der Waals surface area contributed by atoms with E-state index in [9.17, 15) is 4.79 Å². The maximum atomic E-state index is 11.6. The number of likely N-dealkylation sites (tertiary alicyclic amines) is 1. The molecule has 1 heterocycles. The number of carbonyl (C=O) groups excluding carboxylic acids is 1. The van der Waals surface area contributed by atoms with Gasteiger partial charge in [-0.15, -0.1) is 0 Å². The second-order valence-corrected chi connectivity index (χ2v) is 7.33. The molecule has 2 nitrogen and oxygen atoms in total. The Balaban J connectivity index is 2.10. The second-order valence-electron chi connectivity index (χ2n) is 7.33. The molecule has 0 aromatic heterocycles. The van der Waals surface area contributed by atoms with Gasteiger partial charge in [-0.2, -0.15) is 0 Å². The Morgan fingerprint density at radius 2 is 1.74 bits per heavy atom. The predicted molar refractivity (Wildman–Crippen MR) is 79.3 cm³/mol. The van der Waals surface area contributed by atoms with E-state index in [1.807, 2.05) is 0 Å². The average molecular weight is 259 g/mol. The van der Waals surface area contributed by atoms with Gasteiger partial charge >= 0.3 is 0 Å². The van der Waals surface area contributed by atoms with Gasteiger partial charge in [0.2, 0.25) is 0 Å². The van der Waals surface area contributed by atoms with Crippen LogP contribution in [0.4, 0.5) is 0 Å². The van der Waals surface area contributed by atoms with E-state index >= 15 is 0 Å². The molecule has 2 heteroatoms. The van der Waals surface area contributed by atoms with Gasteiger partial charge in [0.25, 0.3) is 0 Å². The third-order valence-corrected chi connectivity index (χ3v) is 4.05. The Morgan fingerprint density at radius 3 is 2.16 bits per heavy atom. The molecule has 0 amide bonds. The molecule has 1 aliphatic heterocycles. The summed E-state index contributed by atoms with van der Waals surface area (Å²) in [4.78, 5) is 13.9. The van der Waals surface area contributed by atoms with Gasteiger partial charge in [0.15, 0.2) is 0 Å². The van der Waals surface area contributed by atoms with Crippen molar-refractivity contribution in [2.75, 3.05) is 6.54 Å². The third-order valence-electron chi connectivity index (χ3n) is 4.05. The zero-order valence-corrected chi connectivity index (χ0v) is 12.8. The fraction of sp³-hybridized carbons (Fsp3) is 0.588. The largest absolute Gasteiger partial charge is 0.298 e. The highest BCUT2D eigenvalue weighted by atomic mass is 16.1. The van der Waals surface area contributed by atoms with Crippen molar-refractivity contribution in [1.82, 2.24) is 4.90 Å². The normalized spacial score (nSPS) is 19.9. The Hall–Kier alpha value is -1.15. The van der Waals surface area contributed by atoms with E-state index in [0.29, 0.717) is 18.7 Å². The molecule has 1 aromatic carbocycles. The molecule has 0 N–H and O–H groups in total. The van der Waals surface area contributed by atoms with E-state index in [-0.39, 0.29) is 11.0 Å². The van der Waals surface area contributed by atoms with Crippen LogP contribution in [0.3, 0.4) is 0 Å². The van der Waals surface area contributed by atoms with Crippen LogP contribution in [0, 0.1) is 0 Å². The van der Waals surface area contributed by atoms with Crippen LogP contribution in [0.1, 0.15) is 52.2 Å². The first-order chi connectivity index (χ1) is 8.68. The van der Waals surface area contributed by atoms with Crippen LogP contribution >= 0.6 is 0 Å². The van der Waals surface area contributed by atoms with E-state index in [1.54, 1.807) is 0 Å². The van der Waals surface area contributed by atoms with Crippen molar-refractivity contribution in [1.29, 1.82) is 0 Å². The van der Waals surface area contributed by atoms with Crippen molar-refractivity contribution in [3.63, 3.8) is 0 Å². The lowest BCUT2D eigenvalue weighted by Crippen LogP contribution is -2.37. The Bertz CT molecular complexity index is 465. The van der Waals surface area contributed by atoms with Crippen molar-refractivity contribution >= 4 is 5.78 Å². The molecule has 0 radical (unpaired) electrons. The molecule has 104 valence electrons. The second kappa shape index (κ2) is 4.75. The van der Waals surface area contributed by atoms with Crippen LogP contribution < -0.4 is 0 Å². The Morgan fingerprint density at radius 1 is 1.16 bits per heavy atom. The van der Waals surface area contributed by atoms with E-state index in [4.69, 9.17) is 0 Å². The zero-order chi connectivity index (χ0) is 14.3. The van der Waals surface area contributed by atoms with Crippen LogP contribution in [-0.4, -0.2) is 22.8 Å². The van der Waals surface area contributed by atoms with Crippen LogP contribution in [0.15, 0.2) is 24.3 Å². The molecular formula is C17H25NO. The van der Waals surface area contributed by atoms with Crippen LogP contribution in [0.25, 0.3) is 0 Å². The van der Waals surface area contributed by atoms with Crippen molar-refractivity contribution < 1.29 is 4.79 Å². The number of hydrogen-bond donors (Lipinski definition) is 0. The van der Waals surface area contributed by atoms with Gasteiger partial charge in [-0.3, -0.25) is 9.69 Å². The minimum absolute atomic E-state index is 0.000216. The summed E-state index contributed by atoms with van der Waals surface area (Å²) in [6.07, 6.45) is 0.674. The van der Waals surface area contributed by atoms with Crippen molar-refractivity contribution in [2.45, 2.75) is 58.5 Å². The van der Waals surface area contributed by atoms with Crippen molar-refractivity contribution in [2.24, 2.45) is 0 Å². The first kappa shape index (κ1) is 14.3. The number of benzene rings is 1. The summed E-state index contributed by atoms with van der Waals surface area (Å²) in [5.41, 5.74) is 2.84. The maximum absolute atomic E-state index is 11.6. The minimum atomic E-state index is -0.000216. The van der Waals surface area contributed by atoms with Gasteiger partial charge in [0, 0.05) is 18.5 Å². The van der Waals surface area contributed by atoms with Crippen LogP contribution in [-0.2, 0) is 16.8 Å². The lowest BCUT2D eigenvalue weighted by Gasteiger charge is -2.30. The fourth-order valence-corrected chi connectivity index (χ4v) is 2.68. The SMILES string of the molecule is CC(C)(C)c1ccc(CN2CC(=O)CC2(C)C)cc1. The summed E-state index contributed by atoms with van der Waals surface area (Å²) in [6, 6.07) is 8.80. The molecule has 0 bridgehead atoms. The molecule has 1 saturated heterocycles. The monoisotopic (exact) mass is 259 g/mol. The standard InChI is InChI=1S/C17H25NO/c1-16(2,3)14-8-6-13(7-9-14)11-18-12-15(19)10-17(18,4)5/h6-9H,10-12H2,1-5H3. The molecule has 0 spiro atoms. The van der Waals surface area contributed by atoms with Crippen LogP contribution in [0.5, 0.6) is 0 Å². The number of Topliss-reactive ketones (excluding diaryl/α,β-unsaturated/α-hetero) is 1. The van der Waals surface area contributed by atoms with Gasteiger partial charge in [0.05, 0.1) is 6.54 Å². The molecule has 0 saturated carbocycles. The van der Waals surface area contributed by atoms with Crippen molar-refractivity contribution in [3.05, 3.63) is 35.4 Å². The minimum Gasteiger partial charge on any atom is -0.298 e. The average Bonchev–Trinajstić information content (AvgIpc) is 2.51. The maximum Gasteiger partial charge on any atom is 0.148 e. The van der Waals surface area contributed by atoms with E-state index in [0.717, 1.165) is 6.54 Å². The quantitative estimate of drug-likeness (QED) is 0.809. The van der Waals surface area contributed by atoms with Gasteiger partial charge < -0.3 is 0 Å². The molecule has 1 aromatic rings. The molecule has 0 atom stereocenters. The first-order valence-corrected chi connectivity index (χ1v) is 7.05. The number of carbonyl (C=O) groups is 1. The lowest BCUT2D eigenvalue weighted by molar-refractivity contribution is -0.117. The molecule has 1 fully saturated rings. The van der Waals surface area contributed by atoms with Gasteiger partial charge in [-0.1, -0.05) is 45.0 Å². The lowest BCUT2D eigenvalue weighted by atomic mass is 9.86. The predicted octanol–water partition coefficient (Wildman–Crippen LogP) is 3.54. The smallest absolute Gasteiger partial charge is 0.148 e. The Kier molecular flexibility index (Phi) is 3.57. The van der Waals surface area contributed by atoms with E-state index in [1.165, 1.54) is 11.1 Å². The van der Waals surface area contributed by atoms with Gasteiger partial charge in [-0.25, -0.2) is 0 Å². The number of ketones is 1. The third kappa shape index (κ3) is 3.24. The summed E-state index contributed by atoms with van der Waals surface area (Å²) >= 11 is 0. The molecule has 0 aliphatic carbocycles. The summed E-state index contributed by atoms with van der Waals surface area (Å²) in [5.74, 6) is 0.358. The highest BCUT2D eigenvalue weighted by molar-refractivity contribution is 5.84.